The number of rotatable bonds is 5. The van der Waals surface area contributed by atoms with Crippen molar-refractivity contribution in [1.82, 2.24) is 9.13 Å². The summed E-state index contributed by atoms with van der Waals surface area (Å²) in [5.74, 6) is 0.229. The molecule has 0 aliphatic carbocycles. The molecule has 1 heterocycles. The molecule has 0 atom stereocenters. The second-order valence-electron chi connectivity index (χ2n) is 7.09. The van der Waals surface area contributed by atoms with Gasteiger partial charge in [-0.2, -0.15) is 5.11 Å². The molecule has 0 aliphatic heterocycles. The normalized spacial score (nSPS) is 11.1. The highest BCUT2D eigenvalue weighted by atomic mass is 35.5. The van der Waals surface area contributed by atoms with Crippen LogP contribution in [-0.2, 0) is 0 Å². The van der Waals surface area contributed by atoms with Gasteiger partial charge in [0.05, 0.1) is 24.2 Å². The number of ether oxygens (including phenoxy) is 1. The van der Waals surface area contributed by atoms with E-state index in [1.807, 2.05) is 25.1 Å². The number of hydrogen-bond donors (Lipinski definition) is 1. The Kier molecular flexibility index (Phi) is 6.39. The minimum atomic E-state index is -0.606. The molecule has 33 heavy (non-hydrogen) atoms. The van der Waals surface area contributed by atoms with Gasteiger partial charge in [-0.15, -0.1) is 5.11 Å². The summed E-state index contributed by atoms with van der Waals surface area (Å²) >= 11 is 11.6. The number of halogens is 1. The number of nitrogens with zero attached hydrogens (tertiary/aromatic N) is 4. The molecule has 0 fully saturated rings. The second kappa shape index (κ2) is 9.40. The van der Waals surface area contributed by atoms with Crippen LogP contribution in [0.3, 0.4) is 0 Å². The summed E-state index contributed by atoms with van der Waals surface area (Å²) in [7, 11) is 1.56. The third-order valence-corrected chi connectivity index (χ3v) is 5.61. The average molecular weight is 479 g/mol. The van der Waals surface area contributed by atoms with Crippen molar-refractivity contribution < 1.29 is 9.84 Å². The Morgan fingerprint density at radius 1 is 0.939 bits per heavy atom. The zero-order valence-corrected chi connectivity index (χ0v) is 19.3. The van der Waals surface area contributed by atoms with Crippen molar-refractivity contribution >= 4 is 35.2 Å². The van der Waals surface area contributed by atoms with Crippen LogP contribution in [0.25, 0.3) is 11.4 Å². The van der Waals surface area contributed by atoms with E-state index in [2.05, 4.69) is 10.2 Å². The lowest BCUT2D eigenvalue weighted by Gasteiger charge is -2.17. The Hall–Kier alpha value is -3.75. The molecule has 0 amide bonds. The van der Waals surface area contributed by atoms with Gasteiger partial charge in [0.1, 0.15) is 5.75 Å². The third kappa shape index (κ3) is 4.44. The lowest BCUT2D eigenvalue weighted by molar-refractivity contribution is 0.414. The molecule has 4 rings (SSSR count). The zero-order valence-electron chi connectivity index (χ0n) is 17.8. The van der Waals surface area contributed by atoms with Crippen LogP contribution in [0, 0.1) is 11.7 Å². The summed E-state index contributed by atoms with van der Waals surface area (Å²) in [6, 6.07) is 20.8. The molecule has 3 aromatic carbocycles. The first kappa shape index (κ1) is 22.4. The SMILES string of the molecule is COc1ccc(-n2c(=O)c(N=Nc3ccc(Cl)cc3)c(O)n(-c3ccccc3C)c2=S)cc1. The van der Waals surface area contributed by atoms with Crippen molar-refractivity contribution in [2.45, 2.75) is 6.92 Å². The highest BCUT2D eigenvalue weighted by Crippen LogP contribution is 2.30. The minimum absolute atomic E-state index is 0.0856. The molecule has 0 radical (unpaired) electrons. The zero-order chi connectivity index (χ0) is 23.5. The first-order valence-electron chi connectivity index (χ1n) is 9.89. The molecular weight excluding hydrogens is 460 g/mol. The fourth-order valence-corrected chi connectivity index (χ4v) is 3.78. The average Bonchev–Trinajstić information content (AvgIpc) is 2.82. The van der Waals surface area contributed by atoms with Crippen LogP contribution in [0.15, 0.2) is 87.8 Å². The van der Waals surface area contributed by atoms with Crippen molar-refractivity contribution in [2.24, 2.45) is 10.2 Å². The maximum atomic E-state index is 13.4. The summed E-state index contributed by atoms with van der Waals surface area (Å²) in [5, 5.41) is 19.8. The lowest BCUT2D eigenvalue weighted by atomic mass is 10.2. The molecule has 9 heteroatoms. The summed E-state index contributed by atoms with van der Waals surface area (Å²) in [6.45, 7) is 1.88. The predicted octanol–water partition coefficient (Wildman–Crippen LogP) is 6.45. The fourth-order valence-electron chi connectivity index (χ4n) is 3.28. The van der Waals surface area contributed by atoms with Crippen molar-refractivity contribution in [2.75, 3.05) is 7.11 Å². The summed E-state index contributed by atoms with van der Waals surface area (Å²) in [5.41, 5.74) is 1.58. The molecule has 0 saturated heterocycles. The van der Waals surface area contributed by atoms with E-state index in [9.17, 15) is 9.90 Å². The number of aromatic nitrogens is 2. The number of aryl methyl sites for hydroxylation is 1. The largest absolute Gasteiger partial charge is 0.497 e. The molecule has 7 nitrogen and oxygen atoms in total. The highest BCUT2D eigenvalue weighted by Gasteiger charge is 2.20. The van der Waals surface area contributed by atoms with Crippen LogP contribution in [0.2, 0.25) is 5.02 Å². The third-order valence-electron chi connectivity index (χ3n) is 4.99. The second-order valence-corrected chi connectivity index (χ2v) is 7.89. The van der Waals surface area contributed by atoms with Gasteiger partial charge in [0, 0.05) is 5.02 Å². The molecular formula is C24H19ClN4O3S. The molecule has 1 N–H and O–H groups in total. The number of azo groups is 1. The number of aromatic hydroxyl groups is 1. The van der Waals surface area contributed by atoms with Crippen LogP contribution in [0.5, 0.6) is 11.6 Å². The Morgan fingerprint density at radius 2 is 1.61 bits per heavy atom. The quantitative estimate of drug-likeness (QED) is 0.264. The molecule has 0 bridgehead atoms. The molecule has 166 valence electrons. The van der Waals surface area contributed by atoms with E-state index in [0.29, 0.717) is 27.8 Å². The summed E-state index contributed by atoms with van der Waals surface area (Å²) in [6.07, 6.45) is 0. The maximum Gasteiger partial charge on any atom is 0.290 e. The number of para-hydroxylation sites is 1. The van der Waals surface area contributed by atoms with E-state index < -0.39 is 11.4 Å². The summed E-state index contributed by atoms with van der Waals surface area (Å²) in [4.78, 5) is 13.4. The molecule has 1 aromatic heterocycles. The van der Waals surface area contributed by atoms with Crippen LogP contribution >= 0.6 is 23.8 Å². The van der Waals surface area contributed by atoms with Gasteiger partial charge in [-0.1, -0.05) is 29.8 Å². The lowest BCUT2D eigenvalue weighted by Crippen LogP contribution is -2.23. The molecule has 0 unspecified atom stereocenters. The minimum Gasteiger partial charge on any atom is -0.497 e. The Balaban J connectivity index is 2.00. The number of hydrogen-bond acceptors (Lipinski definition) is 6. The maximum absolute atomic E-state index is 13.4. The highest BCUT2D eigenvalue weighted by molar-refractivity contribution is 7.71. The van der Waals surface area contributed by atoms with Crippen LogP contribution < -0.4 is 10.3 Å². The van der Waals surface area contributed by atoms with Crippen molar-refractivity contribution in [3.05, 3.63) is 98.5 Å². The van der Waals surface area contributed by atoms with Crippen molar-refractivity contribution in [3.8, 4) is 23.0 Å². The van der Waals surface area contributed by atoms with E-state index in [4.69, 9.17) is 28.6 Å². The van der Waals surface area contributed by atoms with Gasteiger partial charge in [-0.25, -0.2) is 0 Å². The van der Waals surface area contributed by atoms with E-state index in [1.165, 1.54) is 9.13 Å². The van der Waals surface area contributed by atoms with Gasteiger partial charge < -0.3 is 9.84 Å². The molecule has 0 aliphatic rings. The van der Waals surface area contributed by atoms with Crippen LogP contribution in [0.4, 0.5) is 11.4 Å². The Bertz CT molecular complexity index is 1460. The number of benzene rings is 3. The molecule has 0 spiro atoms. The van der Waals surface area contributed by atoms with Crippen molar-refractivity contribution in [1.29, 1.82) is 0 Å². The smallest absolute Gasteiger partial charge is 0.290 e. The standard InChI is InChI=1S/C24H19ClN4O3S/c1-15-5-3-4-6-20(15)29-23(31)21(27-26-17-9-7-16(25)8-10-17)22(30)28(24(29)33)18-11-13-19(32-2)14-12-18/h3-14,31H,1-2H3. The first-order valence-corrected chi connectivity index (χ1v) is 10.7. The van der Waals surface area contributed by atoms with Crippen molar-refractivity contribution in [3.63, 3.8) is 0 Å². The predicted molar refractivity (Wildman–Crippen MR) is 131 cm³/mol. The van der Waals surface area contributed by atoms with E-state index in [1.54, 1.807) is 61.7 Å². The molecule has 4 aromatic rings. The van der Waals surface area contributed by atoms with Crippen LogP contribution in [-0.4, -0.2) is 21.4 Å². The van der Waals surface area contributed by atoms with Crippen LogP contribution in [0.1, 0.15) is 5.56 Å². The monoisotopic (exact) mass is 478 g/mol. The van der Waals surface area contributed by atoms with Gasteiger partial charge in [0.2, 0.25) is 11.6 Å². The molecule has 0 saturated carbocycles. The van der Waals surface area contributed by atoms with Gasteiger partial charge in [-0.05, 0) is 79.3 Å². The van der Waals surface area contributed by atoms with E-state index in [-0.39, 0.29) is 10.5 Å². The fraction of sp³-hybridized carbons (Fsp3) is 0.0833. The van der Waals surface area contributed by atoms with Gasteiger partial charge >= 0.3 is 0 Å². The first-order chi connectivity index (χ1) is 15.9. The van der Waals surface area contributed by atoms with E-state index >= 15 is 0 Å². The number of methoxy groups -OCH3 is 1. The van der Waals surface area contributed by atoms with Gasteiger partial charge in [0.25, 0.3) is 5.56 Å². The van der Waals surface area contributed by atoms with E-state index in [0.717, 1.165) is 5.56 Å². The Labute approximate surface area is 199 Å². The van der Waals surface area contributed by atoms with Gasteiger partial charge in [-0.3, -0.25) is 13.9 Å². The Morgan fingerprint density at radius 3 is 2.24 bits per heavy atom. The summed E-state index contributed by atoms with van der Waals surface area (Å²) < 4.78 is 8.01. The topological polar surface area (TPSA) is 81.1 Å². The van der Waals surface area contributed by atoms with Gasteiger partial charge in [0.15, 0.2) is 4.77 Å².